The molecule has 1 N–H and O–H groups in total. The molecule has 0 spiro atoms. The van der Waals surface area contributed by atoms with Crippen LogP contribution in [0.3, 0.4) is 0 Å². The Labute approximate surface area is 119 Å². The predicted molar refractivity (Wildman–Crippen MR) is 78.0 cm³/mol. The molecular weight excluding hydrogens is 250 g/mol. The van der Waals surface area contributed by atoms with Crippen molar-refractivity contribution in [3.05, 3.63) is 58.9 Å². The molecule has 1 unspecified atom stereocenters. The largest absolute Gasteiger partial charge is 0.464 e. The first kappa shape index (κ1) is 13.0. The van der Waals surface area contributed by atoms with Gasteiger partial charge in [-0.05, 0) is 48.8 Å². The number of methoxy groups -OCH3 is 1. The van der Waals surface area contributed by atoms with Gasteiger partial charge in [0, 0.05) is 5.69 Å². The third kappa shape index (κ3) is 2.48. The fraction of sp³-hybridized carbons (Fsp3) is 0.353. The number of hydrogen-bond acceptors (Lipinski definition) is 2. The van der Waals surface area contributed by atoms with Crippen LogP contribution >= 0.6 is 0 Å². The smallest absolute Gasteiger partial charge is 0.354 e. The second-order valence-corrected chi connectivity index (χ2v) is 5.39. The standard InChI is InChI=1S/C17H19NO2/c1-20-17(19)16-11-14-13(8-5-9-15(14)18-16)10-12-6-3-2-4-7-12/h2-4,6-7,11,13,18H,5,8-10H2,1H3. The van der Waals surface area contributed by atoms with E-state index in [2.05, 4.69) is 29.2 Å². The minimum Gasteiger partial charge on any atom is -0.464 e. The summed E-state index contributed by atoms with van der Waals surface area (Å²) in [5.74, 6) is 0.216. The first-order valence-electron chi connectivity index (χ1n) is 7.12. The van der Waals surface area contributed by atoms with Crippen molar-refractivity contribution in [1.29, 1.82) is 0 Å². The van der Waals surface area contributed by atoms with Gasteiger partial charge in [-0.2, -0.15) is 0 Å². The molecule has 0 saturated carbocycles. The van der Waals surface area contributed by atoms with Gasteiger partial charge in [-0.15, -0.1) is 0 Å². The van der Waals surface area contributed by atoms with Crippen molar-refractivity contribution in [2.45, 2.75) is 31.6 Å². The number of rotatable bonds is 3. The Bertz CT molecular complexity index is 601. The summed E-state index contributed by atoms with van der Waals surface area (Å²) in [6.45, 7) is 0. The highest BCUT2D eigenvalue weighted by Gasteiger charge is 2.24. The average Bonchev–Trinajstić information content (AvgIpc) is 2.93. The zero-order valence-corrected chi connectivity index (χ0v) is 11.7. The summed E-state index contributed by atoms with van der Waals surface area (Å²) in [5, 5.41) is 0. The molecule has 1 aliphatic carbocycles. The van der Waals surface area contributed by atoms with Gasteiger partial charge < -0.3 is 9.72 Å². The van der Waals surface area contributed by atoms with E-state index < -0.39 is 0 Å². The van der Waals surface area contributed by atoms with Crippen LogP contribution in [0, 0.1) is 0 Å². The van der Waals surface area contributed by atoms with Crippen LogP contribution in [0.1, 0.15) is 46.1 Å². The van der Waals surface area contributed by atoms with Gasteiger partial charge in [0.2, 0.25) is 0 Å². The minimum atomic E-state index is -0.280. The number of hydrogen-bond donors (Lipinski definition) is 1. The molecule has 2 aromatic rings. The number of benzene rings is 1. The highest BCUT2D eigenvalue weighted by Crippen LogP contribution is 2.34. The molecule has 1 aliphatic rings. The van der Waals surface area contributed by atoms with Gasteiger partial charge in [0.1, 0.15) is 5.69 Å². The molecule has 3 nitrogen and oxygen atoms in total. The van der Waals surface area contributed by atoms with Gasteiger partial charge in [-0.1, -0.05) is 30.3 Å². The van der Waals surface area contributed by atoms with Crippen LogP contribution in [0.25, 0.3) is 0 Å². The van der Waals surface area contributed by atoms with Crippen molar-refractivity contribution >= 4 is 5.97 Å². The maximum atomic E-state index is 11.6. The third-order valence-corrected chi connectivity index (χ3v) is 4.08. The Morgan fingerprint density at radius 1 is 1.35 bits per heavy atom. The van der Waals surface area contributed by atoms with Crippen molar-refractivity contribution in [3.63, 3.8) is 0 Å². The van der Waals surface area contributed by atoms with Crippen molar-refractivity contribution in [2.24, 2.45) is 0 Å². The Balaban J connectivity index is 1.86. The zero-order chi connectivity index (χ0) is 13.9. The second kappa shape index (κ2) is 5.53. The summed E-state index contributed by atoms with van der Waals surface area (Å²) in [7, 11) is 1.42. The van der Waals surface area contributed by atoms with E-state index in [0.29, 0.717) is 11.6 Å². The van der Waals surface area contributed by atoms with E-state index in [-0.39, 0.29) is 5.97 Å². The number of esters is 1. The zero-order valence-electron chi connectivity index (χ0n) is 11.7. The van der Waals surface area contributed by atoms with Gasteiger partial charge >= 0.3 is 5.97 Å². The number of ether oxygens (including phenoxy) is 1. The molecule has 0 aliphatic heterocycles. The third-order valence-electron chi connectivity index (χ3n) is 4.08. The number of fused-ring (bicyclic) bond motifs is 1. The van der Waals surface area contributed by atoms with Gasteiger partial charge in [0.25, 0.3) is 0 Å². The van der Waals surface area contributed by atoms with E-state index in [1.807, 2.05) is 12.1 Å². The van der Waals surface area contributed by atoms with Gasteiger partial charge in [-0.25, -0.2) is 4.79 Å². The van der Waals surface area contributed by atoms with Crippen molar-refractivity contribution in [3.8, 4) is 0 Å². The Kier molecular flexibility index (Phi) is 3.59. The topological polar surface area (TPSA) is 42.1 Å². The van der Waals surface area contributed by atoms with Crippen LogP contribution in [-0.2, 0) is 17.6 Å². The number of carbonyl (C=O) groups is 1. The Morgan fingerprint density at radius 2 is 2.15 bits per heavy atom. The van der Waals surface area contributed by atoms with Gasteiger partial charge in [-0.3, -0.25) is 0 Å². The quantitative estimate of drug-likeness (QED) is 0.867. The molecule has 0 fully saturated rings. The van der Waals surface area contributed by atoms with Crippen molar-refractivity contribution < 1.29 is 9.53 Å². The fourth-order valence-corrected chi connectivity index (χ4v) is 3.10. The molecule has 3 heteroatoms. The van der Waals surface area contributed by atoms with E-state index in [9.17, 15) is 4.79 Å². The molecule has 3 rings (SSSR count). The van der Waals surface area contributed by atoms with E-state index in [4.69, 9.17) is 4.74 Å². The summed E-state index contributed by atoms with van der Waals surface area (Å²) in [4.78, 5) is 14.9. The molecule has 20 heavy (non-hydrogen) atoms. The lowest BCUT2D eigenvalue weighted by Crippen LogP contribution is -2.10. The lowest BCUT2D eigenvalue weighted by atomic mass is 9.83. The lowest BCUT2D eigenvalue weighted by Gasteiger charge is -2.22. The molecule has 1 atom stereocenters. The van der Waals surface area contributed by atoms with Gasteiger partial charge in [0.15, 0.2) is 0 Å². The molecule has 0 radical (unpaired) electrons. The van der Waals surface area contributed by atoms with Gasteiger partial charge in [0.05, 0.1) is 7.11 Å². The highest BCUT2D eigenvalue weighted by molar-refractivity contribution is 5.87. The van der Waals surface area contributed by atoms with Crippen LogP contribution in [0.15, 0.2) is 36.4 Å². The average molecular weight is 269 g/mol. The summed E-state index contributed by atoms with van der Waals surface area (Å²) in [6.07, 6.45) is 4.41. The first-order valence-corrected chi connectivity index (χ1v) is 7.12. The molecule has 104 valence electrons. The number of H-pyrrole nitrogens is 1. The molecule has 1 aromatic carbocycles. The summed E-state index contributed by atoms with van der Waals surface area (Å²) in [5.41, 5.74) is 4.43. The summed E-state index contributed by atoms with van der Waals surface area (Å²) >= 11 is 0. The van der Waals surface area contributed by atoms with E-state index in [0.717, 1.165) is 12.8 Å². The number of carbonyl (C=O) groups excluding carboxylic acids is 1. The fourth-order valence-electron chi connectivity index (χ4n) is 3.10. The number of aromatic amines is 1. The molecule has 1 aromatic heterocycles. The van der Waals surface area contributed by atoms with Crippen LogP contribution in [0.4, 0.5) is 0 Å². The molecule has 0 bridgehead atoms. The maximum Gasteiger partial charge on any atom is 0.354 e. The molecule has 0 amide bonds. The van der Waals surface area contributed by atoms with E-state index >= 15 is 0 Å². The normalized spacial score (nSPS) is 17.6. The summed E-state index contributed by atoms with van der Waals surface area (Å²) in [6, 6.07) is 12.5. The number of nitrogens with one attached hydrogen (secondary N) is 1. The Hall–Kier alpha value is -2.03. The number of aromatic nitrogens is 1. The van der Waals surface area contributed by atoms with Crippen molar-refractivity contribution in [2.75, 3.05) is 7.11 Å². The number of aryl methyl sites for hydroxylation is 1. The maximum absolute atomic E-state index is 11.6. The molecular formula is C17H19NO2. The predicted octanol–water partition coefficient (Wildman–Crippen LogP) is 3.46. The molecule has 1 heterocycles. The van der Waals surface area contributed by atoms with Crippen LogP contribution in [0.5, 0.6) is 0 Å². The lowest BCUT2D eigenvalue weighted by molar-refractivity contribution is 0.0594. The van der Waals surface area contributed by atoms with Crippen LogP contribution in [-0.4, -0.2) is 18.1 Å². The van der Waals surface area contributed by atoms with Crippen LogP contribution < -0.4 is 0 Å². The van der Waals surface area contributed by atoms with E-state index in [1.54, 1.807) is 0 Å². The monoisotopic (exact) mass is 269 g/mol. The SMILES string of the molecule is COC(=O)c1cc2c([nH]1)CCCC2Cc1ccccc1. The highest BCUT2D eigenvalue weighted by atomic mass is 16.5. The Morgan fingerprint density at radius 3 is 2.90 bits per heavy atom. The summed E-state index contributed by atoms with van der Waals surface area (Å²) < 4.78 is 4.80. The van der Waals surface area contributed by atoms with E-state index in [1.165, 1.54) is 36.8 Å². The van der Waals surface area contributed by atoms with Crippen molar-refractivity contribution in [1.82, 2.24) is 4.98 Å². The minimum absolute atomic E-state index is 0.280. The molecule has 0 saturated heterocycles. The van der Waals surface area contributed by atoms with Crippen LogP contribution in [0.2, 0.25) is 0 Å². The second-order valence-electron chi connectivity index (χ2n) is 5.39. The first-order chi connectivity index (χ1) is 9.78.